The number of hydrogen-bond donors (Lipinski definition) is 3. The Bertz CT molecular complexity index is 1570. The van der Waals surface area contributed by atoms with Crippen LogP contribution in [0.1, 0.15) is 54.6 Å². The maximum Gasteiger partial charge on any atom is 0.289 e. The van der Waals surface area contributed by atoms with Crippen LogP contribution < -0.4 is 10.6 Å². The zero-order chi connectivity index (χ0) is 30.4. The van der Waals surface area contributed by atoms with E-state index in [9.17, 15) is 32.8 Å². The fraction of sp³-hybridized carbons (Fsp3) is 0.406. The maximum absolute atomic E-state index is 14.5. The fourth-order valence-corrected chi connectivity index (χ4v) is 6.49. The van der Waals surface area contributed by atoms with Crippen molar-refractivity contribution in [3.05, 3.63) is 71.9 Å². The zero-order valence-corrected chi connectivity index (χ0v) is 23.4. The van der Waals surface area contributed by atoms with Crippen LogP contribution in [-0.4, -0.2) is 63.7 Å². The first-order chi connectivity index (χ1) is 20.6. The summed E-state index contributed by atoms with van der Waals surface area (Å²) < 4.78 is 29.1. The third kappa shape index (κ3) is 5.55. The number of carbonyl (C=O) groups is 5. The number of likely N-dealkylation sites (tertiary alicyclic amines) is 1. The molecule has 2 aromatic carbocycles. The van der Waals surface area contributed by atoms with Gasteiger partial charge >= 0.3 is 0 Å². The lowest BCUT2D eigenvalue weighted by atomic mass is 9.94. The van der Waals surface area contributed by atoms with Crippen molar-refractivity contribution >= 4 is 40.2 Å². The summed E-state index contributed by atoms with van der Waals surface area (Å²) >= 11 is 0. The van der Waals surface area contributed by atoms with Gasteiger partial charge in [0.2, 0.25) is 11.7 Å². The van der Waals surface area contributed by atoms with Gasteiger partial charge in [-0.2, -0.15) is 0 Å². The second-order valence-corrected chi connectivity index (χ2v) is 12.0. The van der Waals surface area contributed by atoms with Crippen molar-refractivity contribution in [1.82, 2.24) is 20.5 Å². The average Bonchev–Trinajstić information content (AvgIpc) is 3.48. The number of Topliss-reactive ketones (excluding diaryl/α,β-unsaturated/α-hetero) is 2. The number of halogens is 2. The summed E-state index contributed by atoms with van der Waals surface area (Å²) in [6, 6.07) is 15.1. The van der Waals surface area contributed by atoms with Crippen LogP contribution in [0.5, 0.6) is 0 Å². The van der Waals surface area contributed by atoms with Gasteiger partial charge in [-0.3, -0.25) is 24.0 Å². The zero-order valence-electron chi connectivity index (χ0n) is 23.4. The number of ketones is 2. The summed E-state index contributed by atoms with van der Waals surface area (Å²) in [5.74, 6) is -6.85. The highest BCUT2D eigenvalue weighted by Gasteiger charge is 2.75. The molecule has 0 bridgehead atoms. The molecule has 2 aliphatic carbocycles. The second kappa shape index (κ2) is 11.0. The van der Waals surface area contributed by atoms with Crippen molar-refractivity contribution in [3.8, 4) is 0 Å². The Labute approximate surface area is 246 Å². The second-order valence-electron chi connectivity index (χ2n) is 12.0. The Morgan fingerprint density at radius 3 is 2.44 bits per heavy atom. The number of H-pyrrole nitrogens is 1. The van der Waals surface area contributed by atoms with Crippen LogP contribution in [-0.2, 0) is 25.7 Å². The highest BCUT2D eigenvalue weighted by Crippen LogP contribution is 2.66. The first-order valence-corrected chi connectivity index (χ1v) is 14.5. The summed E-state index contributed by atoms with van der Waals surface area (Å²) in [6.07, 6.45) is 0.723. The minimum Gasteiger partial charge on any atom is -0.351 e. The molecule has 1 aliphatic heterocycles. The molecule has 4 unspecified atom stereocenters. The van der Waals surface area contributed by atoms with Crippen molar-refractivity contribution in [2.45, 2.75) is 63.1 Å². The molecule has 2 saturated carbocycles. The van der Waals surface area contributed by atoms with Crippen molar-refractivity contribution in [3.63, 3.8) is 0 Å². The topological polar surface area (TPSA) is 128 Å². The number of aromatic amines is 1. The summed E-state index contributed by atoms with van der Waals surface area (Å²) in [6.45, 7) is -0.231. The lowest BCUT2D eigenvalue weighted by Gasteiger charge is -2.26. The first kappa shape index (κ1) is 28.7. The molecule has 1 saturated heterocycles. The molecule has 1 aromatic heterocycles. The van der Waals surface area contributed by atoms with Crippen LogP contribution >= 0.6 is 0 Å². The molecular weight excluding hydrogens is 558 g/mol. The molecule has 6 rings (SSSR count). The number of para-hydroxylation sites is 1. The van der Waals surface area contributed by atoms with Gasteiger partial charge in [0.25, 0.3) is 17.7 Å². The molecular formula is C32H32F2N4O5. The highest BCUT2D eigenvalue weighted by atomic mass is 19.3. The number of hydrogen-bond acceptors (Lipinski definition) is 5. The van der Waals surface area contributed by atoms with E-state index in [0.29, 0.717) is 24.8 Å². The van der Waals surface area contributed by atoms with Gasteiger partial charge in [-0.25, -0.2) is 8.78 Å². The van der Waals surface area contributed by atoms with Gasteiger partial charge in [0.15, 0.2) is 0 Å². The van der Waals surface area contributed by atoms with Crippen molar-refractivity contribution < 1.29 is 32.8 Å². The summed E-state index contributed by atoms with van der Waals surface area (Å²) in [5.41, 5.74) is 0.0864. The number of nitrogens with zero attached hydrogens (tertiary/aromatic N) is 1. The number of rotatable bonds is 9. The molecule has 3 fully saturated rings. The van der Waals surface area contributed by atoms with Crippen LogP contribution in [0.4, 0.5) is 8.78 Å². The highest BCUT2D eigenvalue weighted by molar-refractivity contribution is 6.38. The number of nitrogens with one attached hydrogen (secondary N) is 3. The third-order valence-corrected chi connectivity index (χ3v) is 9.07. The quantitative estimate of drug-likeness (QED) is 0.329. The molecule has 3 N–H and O–H groups in total. The van der Waals surface area contributed by atoms with Crippen LogP contribution in [0, 0.1) is 11.3 Å². The van der Waals surface area contributed by atoms with E-state index in [1.165, 1.54) is 0 Å². The smallest absolute Gasteiger partial charge is 0.289 e. The van der Waals surface area contributed by atoms with E-state index in [2.05, 4.69) is 15.6 Å². The maximum atomic E-state index is 14.5. The van der Waals surface area contributed by atoms with Crippen LogP contribution in [0.25, 0.3) is 10.9 Å². The van der Waals surface area contributed by atoms with Gasteiger partial charge in [-0.1, -0.05) is 48.5 Å². The Kier molecular flexibility index (Phi) is 7.35. The van der Waals surface area contributed by atoms with Crippen LogP contribution in [0.3, 0.4) is 0 Å². The average molecular weight is 591 g/mol. The van der Waals surface area contributed by atoms with E-state index >= 15 is 0 Å². The Morgan fingerprint density at radius 2 is 1.77 bits per heavy atom. The Hall–Kier alpha value is -4.41. The number of carbonyl (C=O) groups excluding carboxylic acids is 5. The monoisotopic (exact) mass is 590 g/mol. The molecule has 2 heterocycles. The molecule has 224 valence electrons. The van der Waals surface area contributed by atoms with E-state index in [-0.39, 0.29) is 37.4 Å². The normalized spacial score (nSPS) is 24.7. The van der Waals surface area contributed by atoms with Crippen LogP contribution in [0.15, 0.2) is 60.7 Å². The molecule has 3 aromatic rings. The number of benzene rings is 2. The van der Waals surface area contributed by atoms with Crippen molar-refractivity contribution in [2.24, 2.45) is 11.3 Å². The third-order valence-electron chi connectivity index (χ3n) is 9.07. The predicted molar refractivity (Wildman–Crippen MR) is 152 cm³/mol. The van der Waals surface area contributed by atoms with E-state index in [1.54, 1.807) is 54.6 Å². The van der Waals surface area contributed by atoms with E-state index < -0.39 is 59.3 Å². The fourth-order valence-electron chi connectivity index (χ4n) is 6.49. The molecule has 9 nitrogen and oxygen atoms in total. The Morgan fingerprint density at radius 1 is 1.05 bits per heavy atom. The van der Waals surface area contributed by atoms with Gasteiger partial charge in [0.05, 0.1) is 11.5 Å². The minimum atomic E-state index is -3.02. The SMILES string of the molecule is O=C(NCc1ccccc1)C(=O)C(CC1CCCC1=O)NC(=O)C1CC2(CN1C(=O)c1cc3ccccc3[nH]1)CC2(F)F. The van der Waals surface area contributed by atoms with Gasteiger partial charge in [-0.05, 0) is 43.4 Å². The number of fused-ring (bicyclic) bond motifs is 1. The molecule has 4 atom stereocenters. The van der Waals surface area contributed by atoms with Gasteiger partial charge < -0.3 is 20.5 Å². The van der Waals surface area contributed by atoms with E-state index in [1.807, 2.05) is 6.07 Å². The number of amides is 3. The standard InChI is InChI=1S/C32H32F2N4O5/c33-32(34)17-31(32)15-25(38(18-31)30(43)24-13-20-9-4-5-11-22(20)36-24)28(41)37-23(14-21-10-6-12-26(21)39)27(40)29(42)35-16-19-7-2-1-3-8-19/h1-5,7-9,11,13,21,23,25,36H,6,10,12,14-18H2,(H,35,42)(H,37,41). The molecule has 3 aliphatic rings. The number of aromatic nitrogens is 1. The lowest BCUT2D eigenvalue weighted by molar-refractivity contribution is -0.141. The van der Waals surface area contributed by atoms with Gasteiger partial charge in [0, 0.05) is 42.8 Å². The summed E-state index contributed by atoms with van der Waals surface area (Å²) in [5, 5.41) is 5.91. The van der Waals surface area contributed by atoms with Gasteiger partial charge in [0.1, 0.15) is 17.5 Å². The van der Waals surface area contributed by atoms with E-state index in [4.69, 9.17) is 0 Å². The van der Waals surface area contributed by atoms with Gasteiger partial charge in [-0.15, -0.1) is 0 Å². The molecule has 43 heavy (non-hydrogen) atoms. The molecule has 1 spiro atoms. The first-order valence-electron chi connectivity index (χ1n) is 14.5. The summed E-state index contributed by atoms with van der Waals surface area (Å²) in [7, 11) is 0. The minimum absolute atomic E-state index is 0.0511. The summed E-state index contributed by atoms with van der Waals surface area (Å²) in [4.78, 5) is 70.2. The van der Waals surface area contributed by atoms with Crippen LogP contribution in [0.2, 0.25) is 0 Å². The Balaban J connectivity index is 1.22. The predicted octanol–water partition coefficient (Wildman–Crippen LogP) is 3.54. The van der Waals surface area contributed by atoms with Crippen molar-refractivity contribution in [1.29, 1.82) is 0 Å². The van der Waals surface area contributed by atoms with Crippen molar-refractivity contribution in [2.75, 3.05) is 6.54 Å². The van der Waals surface area contributed by atoms with E-state index in [0.717, 1.165) is 15.8 Å². The largest absolute Gasteiger partial charge is 0.351 e. The number of alkyl halides is 2. The molecule has 3 amide bonds. The molecule has 11 heteroatoms. The lowest BCUT2D eigenvalue weighted by Crippen LogP contribution is -2.54. The molecule has 0 radical (unpaired) electrons.